The first kappa shape index (κ1) is 21.4. The molecule has 2 aromatic rings. The Morgan fingerprint density at radius 3 is 2.57 bits per heavy atom. The Morgan fingerprint density at radius 2 is 1.93 bits per heavy atom. The minimum atomic E-state index is -0.514. The zero-order chi connectivity index (χ0) is 20.7. The van der Waals surface area contributed by atoms with Crippen LogP contribution < -0.4 is 11.1 Å². The maximum atomic E-state index is 12.6. The molecule has 0 aliphatic rings. The van der Waals surface area contributed by atoms with Crippen LogP contribution in [0.1, 0.15) is 36.2 Å². The van der Waals surface area contributed by atoms with Gasteiger partial charge in [0, 0.05) is 17.3 Å². The van der Waals surface area contributed by atoms with E-state index in [2.05, 4.69) is 19.2 Å². The molecule has 7 nitrogen and oxygen atoms in total. The van der Waals surface area contributed by atoms with Crippen LogP contribution in [0, 0.1) is 16.0 Å². The first-order chi connectivity index (χ1) is 13.3. The van der Waals surface area contributed by atoms with Gasteiger partial charge in [-0.2, -0.15) is 0 Å². The van der Waals surface area contributed by atoms with Crippen LogP contribution in [-0.2, 0) is 11.2 Å². The highest BCUT2D eigenvalue weighted by Crippen LogP contribution is 2.31. The molecular formula is C20H23N3O4S. The quantitative estimate of drug-likeness (QED) is 0.374. The summed E-state index contributed by atoms with van der Waals surface area (Å²) in [6, 6.07) is 11.3. The Labute approximate surface area is 167 Å². The van der Waals surface area contributed by atoms with Gasteiger partial charge in [0.25, 0.3) is 11.6 Å². The first-order valence-electron chi connectivity index (χ1n) is 8.86. The van der Waals surface area contributed by atoms with E-state index in [1.54, 1.807) is 36.4 Å². The number of hydrogen-bond donors (Lipinski definition) is 2. The molecule has 2 aromatic carbocycles. The molecule has 3 N–H and O–H groups in total. The monoisotopic (exact) mass is 401 g/mol. The summed E-state index contributed by atoms with van der Waals surface area (Å²) in [6.45, 7) is 4.19. The Hall–Kier alpha value is -2.87. The lowest BCUT2D eigenvalue weighted by atomic mass is 10.1. The minimum Gasteiger partial charge on any atom is -0.369 e. The van der Waals surface area contributed by atoms with E-state index >= 15 is 0 Å². The fourth-order valence-corrected chi connectivity index (χ4v) is 3.76. The Balaban J connectivity index is 2.21. The fourth-order valence-electron chi connectivity index (χ4n) is 2.51. The molecule has 0 radical (unpaired) electrons. The van der Waals surface area contributed by atoms with E-state index < -0.39 is 16.7 Å². The summed E-state index contributed by atoms with van der Waals surface area (Å²) in [4.78, 5) is 35.3. The van der Waals surface area contributed by atoms with Crippen molar-refractivity contribution in [2.45, 2.75) is 31.6 Å². The van der Waals surface area contributed by atoms with Crippen molar-refractivity contribution in [1.82, 2.24) is 0 Å². The number of benzene rings is 2. The van der Waals surface area contributed by atoms with Gasteiger partial charge < -0.3 is 11.1 Å². The third kappa shape index (κ3) is 6.09. The largest absolute Gasteiger partial charge is 0.369 e. The molecule has 0 unspecified atom stereocenters. The van der Waals surface area contributed by atoms with Crippen LogP contribution in [0.25, 0.3) is 0 Å². The molecule has 8 heteroatoms. The van der Waals surface area contributed by atoms with E-state index in [9.17, 15) is 19.7 Å². The number of carbonyl (C=O) groups is 2. The molecule has 148 valence electrons. The molecule has 0 atom stereocenters. The average Bonchev–Trinajstić information content (AvgIpc) is 2.62. The van der Waals surface area contributed by atoms with Crippen LogP contribution in [-0.4, -0.2) is 22.5 Å². The molecule has 0 saturated carbocycles. The number of para-hydroxylation sites is 1. The molecule has 0 fully saturated rings. The van der Waals surface area contributed by atoms with Crippen LogP contribution in [0.2, 0.25) is 0 Å². The zero-order valence-electron chi connectivity index (χ0n) is 15.8. The highest BCUT2D eigenvalue weighted by Gasteiger charge is 2.19. The number of thioether (sulfide) groups is 1. The normalized spacial score (nSPS) is 10.7. The highest BCUT2D eigenvalue weighted by molar-refractivity contribution is 7.99. The van der Waals surface area contributed by atoms with Crippen molar-refractivity contribution >= 4 is 35.0 Å². The first-order valence-corrected chi connectivity index (χ1v) is 9.85. The average molecular weight is 401 g/mol. The van der Waals surface area contributed by atoms with Gasteiger partial charge in [-0.1, -0.05) is 32.0 Å². The second-order valence-corrected chi connectivity index (χ2v) is 7.86. The van der Waals surface area contributed by atoms with Gasteiger partial charge in [-0.25, -0.2) is 0 Å². The number of nitrogens with one attached hydrogen (secondary N) is 1. The second kappa shape index (κ2) is 9.89. The topological polar surface area (TPSA) is 115 Å². The van der Waals surface area contributed by atoms with E-state index in [4.69, 9.17) is 5.73 Å². The number of primary amides is 1. The zero-order valence-corrected chi connectivity index (χ0v) is 16.6. The number of anilines is 1. The summed E-state index contributed by atoms with van der Waals surface area (Å²) in [7, 11) is 0. The number of nitrogens with zero attached hydrogens (tertiary/aromatic N) is 1. The van der Waals surface area contributed by atoms with E-state index in [-0.39, 0.29) is 17.7 Å². The summed E-state index contributed by atoms with van der Waals surface area (Å²) < 4.78 is 0. The Morgan fingerprint density at radius 1 is 1.21 bits per heavy atom. The molecule has 28 heavy (non-hydrogen) atoms. The highest BCUT2D eigenvalue weighted by atomic mass is 32.2. The summed E-state index contributed by atoms with van der Waals surface area (Å²) in [5.41, 5.74) is 6.35. The third-order valence-corrected chi connectivity index (χ3v) is 5.10. The van der Waals surface area contributed by atoms with E-state index in [0.717, 1.165) is 12.2 Å². The Kier molecular flexibility index (Phi) is 7.57. The predicted octanol–water partition coefficient (Wildman–Crippen LogP) is 4.01. The predicted molar refractivity (Wildman–Crippen MR) is 111 cm³/mol. The summed E-state index contributed by atoms with van der Waals surface area (Å²) in [6.07, 6.45) is 0.933. The molecule has 0 heterocycles. The van der Waals surface area contributed by atoms with Crippen molar-refractivity contribution in [2.75, 3.05) is 11.1 Å². The van der Waals surface area contributed by atoms with Crippen molar-refractivity contribution in [3.63, 3.8) is 0 Å². The molecular weight excluding hydrogens is 378 g/mol. The van der Waals surface area contributed by atoms with Crippen LogP contribution in [0.3, 0.4) is 0 Å². The lowest BCUT2D eigenvalue weighted by Gasteiger charge is -2.11. The lowest BCUT2D eigenvalue weighted by molar-refractivity contribution is -0.387. The van der Waals surface area contributed by atoms with Crippen molar-refractivity contribution in [2.24, 2.45) is 11.7 Å². The maximum Gasteiger partial charge on any atom is 0.283 e. The Bertz CT molecular complexity index is 884. The number of rotatable bonds is 9. The maximum absolute atomic E-state index is 12.6. The van der Waals surface area contributed by atoms with Crippen LogP contribution in [0.15, 0.2) is 47.4 Å². The van der Waals surface area contributed by atoms with Crippen LogP contribution in [0.5, 0.6) is 0 Å². The van der Waals surface area contributed by atoms with Gasteiger partial charge in [-0.3, -0.25) is 19.7 Å². The smallest absolute Gasteiger partial charge is 0.283 e. The number of nitro benzene ring substituents is 1. The number of hydrogen-bond acceptors (Lipinski definition) is 5. The van der Waals surface area contributed by atoms with Gasteiger partial charge in [-0.05, 0) is 41.9 Å². The number of nitrogens with two attached hydrogens (primary N) is 1. The molecule has 0 bridgehead atoms. The van der Waals surface area contributed by atoms with Gasteiger partial charge in [-0.15, -0.1) is 11.8 Å². The van der Waals surface area contributed by atoms with Gasteiger partial charge >= 0.3 is 0 Å². The molecule has 0 saturated heterocycles. The fraction of sp³-hybridized carbons (Fsp3) is 0.300. The lowest BCUT2D eigenvalue weighted by Crippen LogP contribution is -2.17. The molecule has 2 rings (SSSR count). The number of amides is 2. The van der Waals surface area contributed by atoms with Crippen molar-refractivity contribution < 1.29 is 14.5 Å². The summed E-state index contributed by atoms with van der Waals surface area (Å²) in [5.74, 6) is 0.279. The minimum absolute atomic E-state index is 0.0119. The van der Waals surface area contributed by atoms with Gasteiger partial charge in [0.2, 0.25) is 5.91 Å². The van der Waals surface area contributed by atoms with Crippen LogP contribution in [0.4, 0.5) is 11.4 Å². The van der Waals surface area contributed by atoms with Crippen molar-refractivity contribution in [1.29, 1.82) is 0 Å². The summed E-state index contributed by atoms with van der Waals surface area (Å²) in [5, 5.41) is 14.1. The second-order valence-electron chi connectivity index (χ2n) is 6.72. The SMILES string of the molecule is CC(C)CCSc1ccc(C(=O)Nc2ccccc2CC(N)=O)cc1[N+](=O)[O-]. The molecule has 0 aliphatic carbocycles. The standard InChI is InChI=1S/C20H23N3O4S/c1-13(2)9-10-28-18-8-7-15(11-17(18)23(26)27)20(25)22-16-6-4-3-5-14(16)12-19(21)24/h3-8,11,13H,9-10,12H2,1-2H3,(H2,21,24)(H,22,25). The molecule has 0 aliphatic heterocycles. The van der Waals surface area contributed by atoms with Crippen molar-refractivity contribution in [3.05, 3.63) is 63.7 Å². The van der Waals surface area contributed by atoms with Gasteiger partial charge in [0.1, 0.15) is 0 Å². The van der Waals surface area contributed by atoms with Crippen molar-refractivity contribution in [3.8, 4) is 0 Å². The van der Waals surface area contributed by atoms with Gasteiger partial charge in [0.15, 0.2) is 0 Å². The molecule has 2 amide bonds. The molecule has 0 spiro atoms. The van der Waals surface area contributed by atoms with Gasteiger partial charge in [0.05, 0.1) is 16.2 Å². The van der Waals surface area contributed by atoms with Crippen LogP contribution >= 0.6 is 11.8 Å². The number of carbonyl (C=O) groups excluding carboxylic acids is 2. The third-order valence-electron chi connectivity index (χ3n) is 4.00. The summed E-state index contributed by atoms with van der Waals surface area (Å²) >= 11 is 1.41. The number of nitro groups is 1. The van der Waals surface area contributed by atoms with E-state index in [1.165, 1.54) is 17.8 Å². The molecule has 0 aromatic heterocycles. The van der Waals surface area contributed by atoms with E-state index in [0.29, 0.717) is 22.1 Å². The van der Waals surface area contributed by atoms with E-state index in [1.807, 2.05) is 0 Å².